The molecule has 0 aromatic carbocycles. The Morgan fingerprint density at radius 2 is 1.95 bits per heavy atom. The Morgan fingerprint density at radius 1 is 1.26 bits per heavy atom. The fourth-order valence-electron chi connectivity index (χ4n) is 2.29. The van der Waals surface area contributed by atoms with E-state index in [2.05, 4.69) is 31.3 Å². The first kappa shape index (κ1) is 14.2. The average Bonchev–Trinajstić information content (AvgIpc) is 2.79. The Hall–Kier alpha value is -1.21. The summed E-state index contributed by atoms with van der Waals surface area (Å²) in [5.74, 6) is 0. The summed E-state index contributed by atoms with van der Waals surface area (Å²) in [7, 11) is 3.71. The van der Waals surface area contributed by atoms with E-state index in [1.54, 1.807) is 11.7 Å². The molecule has 0 aliphatic heterocycles. The predicted molar refractivity (Wildman–Crippen MR) is 74.7 cm³/mol. The summed E-state index contributed by atoms with van der Waals surface area (Å²) in [6.07, 6.45) is 0.811. The van der Waals surface area contributed by atoms with Crippen molar-refractivity contribution in [2.45, 2.75) is 32.8 Å². The molecule has 0 fully saturated rings. The first-order chi connectivity index (χ1) is 8.91. The van der Waals surface area contributed by atoms with Gasteiger partial charge in [-0.05, 0) is 48.2 Å². The van der Waals surface area contributed by atoms with Crippen LogP contribution in [0.1, 0.15) is 35.2 Å². The Labute approximate surface area is 120 Å². The summed E-state index contributed by atoms with van der Waals surface area (Å²) in [6, 6.07) is 0. The molecule has 1 N–H and O–H groups in total. The molecular formula is C12H18BrN5O. The van der Waals surface area contributed by atoms with Crippen LogP contribution in [0.4, 0.5) is 0 Å². The number of hydrogen-bond donors (Lipinski definition) is 1. The summed E-state index contributed by atoms with van der Waals surface area (Å²) < 4.78 is 4.07. The van der Waals surface area contributed by atoms with Crippen LogP contribution in [0, 0.1) is 13.8 Å². The van der Waals surface area contributed by atoms with Crippen molar-refractivity contribution in [3.05, 3.63) is 27.2 Å². The van der Waals surface area contributed by atoms with Crippen molar-refractivity contribution in [2.75, 3.05) is 0 Å². The van der Waals surface area contributed by atoms with Gasteiger partial charge in [0.15, 0.2) is 4.60 Å². The van der Waals surface area contributed by atoms with Crippen molar-refractivity contribution in [3.63, 3.8) is 0 Å². The van der Waals surface area contributed by atoms with Crippen LogP contribution in [0.15, 0.2) is 4.60 Å². The van der Waals surface area contributed by atoms with Crippen LogP contribution in [0.25, 0.3) is 0 Å². The number of halogens is 1. The molecule has 19 heavy (non-hydrogen) atoms. The van der Waals surface area contributed by atoms with E-state index in [1.807, 2.05) is 25.6 Å². The molecule has 7 heteroatoms. The van der Waals surface area contributed by atoms with Crippen molar-refractivity contribution in [3.8, 4) is 0 Å². The number of aryl methyl sites for hydroxylation is 3. The molecular weight excluding hydrogens is 310 g/mol. The fraction of sp³-hybridized carbons (Fsp3) is 0.583. The van der Waals surface area contributed by atoms with Gasteiger partial charge < -0.3 is 5.11 Å². The monoisotopic (exact) mass is 327 g/mol. The van der Waals surface area contributed by atoms with E-state index in [9.17, 15) is 5.11 Å². The minimum atomic E-state index is -0.589. The molecule has 104 valence electrons. The summed E-state index contributed by atoms with van der Waals surface area (Å²) in [5, 5.41) is 22.4. The predicted octanol–water partition coefficient (Wildman–Crippen LogP) is 1.59. The van der Waals surface area contributed by atoms with Crippen LogP contribution in [0.5, 0.6) is 0 Å². The van der Waals surface area contributed by atoms with E-state index in [0.29, 0.717) is 16.7 Å². The van der Waals surface area contributed by atoms with E-state index in [4.69, 9.17) is 0 Å². The lowest BCUT2D eigenvalue weighted by atomic mass is 10.0. The van der Waals surface area contributed by atoms with Gasteiger partial charge in [0, 0.05) is 19.8 Å². The molecule has 0 saturated carbocycles. The maximum atomic E-state index is 10.3. The highest BCUT2D eigenvalue weighted by Gasteiger charge is 2.19. The van der Waals surface area contributed by atoms with Gasteiger partial charge in [0.25, 0.3) is 0 Å². The summed E-state index contributed by atoms with van der Waals surface area (Å²) in [5.41, 5.74) is 4.08. The lowest BCUT2D eigenvalue weighted by molar-refractivity contribution is 0.157. The minimum Gasteiger partial charge on any atom is -0.387 e. The third-order valence-electron chi connectivity index (χ3n) is 3.47. The smallest absolute Gasteiger partial charge is 0.154 e. The fourth-order valence-corrected chi connectivity index (χ4v) is 2.88. The van der Waals surface area contributed by atoms with Crippen molar-refractivity contribution in [1.29, 1.82) is 0 Å². The highest BCUT2D eigenvalue weighted by molar-refractivity contribution is 9.10. The number of rotatable bonds is 4. The van der Waals surface area contributed by atoms with Gasteiger partial charge in [-0.1, -0.05) is 5.21 Å². The summed E-state index contributed by atoms with van der Waals surface area (Å²) in [4.78, 5) is 0. The Balaban J connectivity index is 2.11. The molecule has 1 unspecified atom stereocenters. The molecule has 6 nitrogen and oxygen atoms in total. The maximum absolute atomic E-state index is 10.3. The molecule has 1 atom stereocenters. The van der Waals surface area contributed by atoms with Gasteiger partial charge in [-0.15, -0.1) is 5.10 Å². The van der Waals surface area contributed by atoms with Gasteiger partial charge in [0.2, 0.25) is 0 Å². The van der Waals surface area contributed by atoms with Gasteiger partial charge in [-0.25, -0.2) is 4.68 Å². The third kappa shape index (κ3) is 2.71. The largest absolute Gasteiger partial charge is 0.387 e. The number of aliphatic hydroxyl groups excluding tert-OH is 1. The summed E-state index contributed by atoms with van der Waals surface area (Å²) in [6.45, 7) is 4.04. The van der Waals surface area contributed by atoms with Crippen molar-refractivity contribution >= 4 is 15.9 Å². The minimum absolute atomic E-state index is 0.589. The standard InChI is InChI=1S/C12H18BrN5O/c1-7-9(8(2)17(3)15-7)5-6-10(19)11-12(13)14-16-18(11)4/h10,19H,5-6H2,1-4H3. The van der Waals surface area contributed by atoms with Crippen LogP contribution >= 0.6 is 15.9 Å². The molecule has 2 aromatic heterocycles. The van der Waals surface area contributed by atoms with E-state index < -0.39 is 6.10 Å². The normalized spacial score (nSPS) is 12.9. The number of nitrogens with zero attached hydrogens (tertiary/aromatic N) is 5. The molecule has 0 radical (unpaired) electrons. The Bertz CT molecular complexity index is 570. The summed E-state index contributed by atoms with van der Waals surface area (Å²) >= 11 is 3.31. The van der Waals surface area contributed by atoms with Gasteiger partial charge in [0.1, 0.15) is 5.69 Å². The first-order valence-electron chi connectivity index (χ1n) is 6.14. The second-order valence-electron chi connectivity index (χ2n) is 4.72. The average molecular weight is 328 g/mol. The second kappa shape index (κ2) is 5.42. The van der Waals surface area contributed by atoms with Crippen LogP contribution < -0.4 is 0 Å². The van der Waals surface area contributed by atoms with E-state index >= 15 is 0 Å². The molecule has 2 aromatic rings. The molecule has 2 rings (SSSR count). The number of hydrogen-bond acceptors (Lipinski definition) is 4. The van der Waals surface area contributed by atoms with Gasteiger partial charge >= 0.3 is 0 Å². The molecule has 0 saturated heterocycles. The number of aromatic nitrogens is 5. The molecule has 0 bridgehead atoms. The SMILES string of the molecule is Cc1nn(C)c(C)c1CCC(O)c1c(Br)nnn1C. The molecule has 2 heterocycles. The van der Waals surface area contributed by atoms with Crippen LogP contribution in [-0.2, 0) is 20.5 Å². The van der Waals surface area contributed by atoms with Crippen LogP contribution in [0.2, 0.25) is 0 Å². The van der Waals surface area contributed by atoms with E-state index in [0.717, 1.165) is 17.8 Å². The van der Waals surface area contributed by atoms with Crippen LogP contribution in [0.3, 0.4) is 0 Å². The topological polar surface area (TPSA) is 68.8 Å². The van der Waals surface area contributed by atoms with Crippen molar-refractivity contribution < 1.29 is 5.11 Å². The molecule has 0 amide bonds. The van der Waals surface area contributed by atoms with Gasteiger partial charge in [-0.2, -0.15) is 5.10 Å². The number of aliphatic hydroxyl groups is 1. The Kier molecular flexibility index (Phi) is 4.05. The second-order valence-corrected chi connectivity index (χ2v) is 5.47. The zero-order valence-electron chi connectivity index (χ0n) is 11.6. The van der Waals surface area contributed by atoms with Gasteiger partial charge in [0.05, 0.1) is 11.8 Å². The first-order valence-corrected chi connectivity index (χ1v) is 6.93. The van der Waals surface area contributed by atoms with Gasteiger partial charge in [-0.3, -0.25) is 4.68 Å². The zero-order valence-corrected chi connectivity index (χ0v) is 13.1. The lowest BCUT2D eigenvalue weighted by Gasteiger charge is -2.11. The van der Waals surface area contributed by atoms with Crippen molar-refractivity contribution in [1.82, 2.24) is 24.8 Å². The molecule has 0 aliphatic carbocycles. The zero-order chi connectivity index (χ0) is 14.2. The highest BCUT2D eigenvalue weighted by Crippen LogP contribution is 2.25. The Morgan fingerprint density at radius 3 is 2.42 bits per heavy atom. The third-order valence-corrected chi connectivity index (χ3v) is 4.03. The van der Waals surface area contributed by atoms with Crippen molar-refractivity contribution in [2.24, 2.45) is 14.1 Å². The van der Waals surface area contributed by atoms with E-state index in [-0.39, 0.29) is 0 Å². The molecule has 0 aliphatic rings. The van der Waals surface area contributed by atoms with E-state index in [1.165, 1.54) is 5.56 Å². The molecule has 0 spiro atoms. The lowest BCUT2D eigenvalue weighted by Crippen LogP contribution is -2.07. The maximum Gasteiger partial charge on any atom is 0.154 e. The van der Waals surface area contributed by atoms with Crippen LogP contribution in [-0.4, -0.2) is 29.9 Å². The quantitative estimate of drug-likeness (QED) is 0.925. The highest BCUT2D eigenvalue weighted by atomic mass is 79.9.